The average molecular weight is 153 g/mol. The molecule has 0 rings (SSSR count). The molecule has 1 nitrogen and oxygen atoms in total. The van der Waals surface area contributed by atoms with E-state index in [1.807, 2.05) is 0 Å². The number of hydrogen-bond acceptors (Lipinski definition) is 1. The minimum Gasteiger partial charge on any atom is -0.278 e. The highest BCUT2D eigenvalue weighted by atomic mass is 79.9. The topological polar surface area (TPSA) is 17.1 Å². The van der Waals surface area contributed by atoms with Gasteiger partial charge in [0, 0.05) is 15.9 Å². The maximum atomic E-state index is 11.2. The molecule has 0 aromatic carbocycles. The van der Waals surface area contributed by atoms with Crippen molar-refractivity contribution in [3.05, 3.63) is 12.4 Å². The lowest BCUT2D eigenvalue weighted by Crippen LogP contribution is -1.78. The summed E-state index contributed by atoms with van der Waals surface area (Å²) < 4.78 is 10.4. The Balaban J connectivity index is 3.57. The highest BCUT2D eigenvalue weighted by Gasteiger charge is 1.94. The van der Waals surface area contributed by atoms with Crippen LogP contribution < -0.4 is 0 Å². The van der Waals surface area contributed by atoms with Gasteiger partial charge in [-0.1, -0.05) is 6.58 Å². The molecule has 0 aliphatic heterocycles. The van der Waals surface area contributed by atoms with Crippen LogP contribution in [0.25, 0.3) is 0 Å². The number of hydrogen-bond donors (Lipinski definition) is 0. The van der Waals surface area contributed by atoms with Crippen molar-refractivity contribution in [2.75, 3.05) is 0 Å². The fourth-order valence-corrected chi connectivity index (χ4v) is 0. The summed E-state index contributed by atoms with van der Waals surface area (Å²) in [5.74, 6) is -0.963. The monoisotopic (exact) mass is 152 g/mol. The molecule has 0 aliphatic carbocycles. The largest absolute Gasteiger partial charge is 0.278 e. The zero-order chi connectivity index (χ0) is 5.15. The fraction of sp³-hybridized carbons (Fsp3) is 0. The van der Waals surface area contributed by atoms with Gasteiger partial charge in [-0.15, -0.1) is 0 Å². The zero-order valence-electron chi connectivity index (χ0n) is 2.87. The molecule has 0 atom stereocenters. The van der Waals surface area contributed by atoms with Gasteiger partial charge in [-0.3, -0.25) is 4.79 Å². The van der Waals surface area contributed by atoms with Crippen molar-refractivity contribution in [3.63, 3.8) is 0 Å². The smallest absolute Gasteiger partial charge is 0.255 e. The van der Waals surface area contributed by atoms with E-state index in [-0.39, 0.29) is 0 Å². The van der Waals surface area contributed by atoms with Crippen LogP contribution in [0.5, 0.6) is 0 Å². The van der Waals surface area contributed by atoms with E-state index in [2.05, 4.69) is 22.5 Å². The molecule has 0 saturated carbocycles. The molecule has 0 spiro atoms. The Hall–Kier alpha value is -0.180. The molecule has 34 valence electrons. The lowest BCUT2D eigenvalue weighted by molar-refractivity contribution is -0.108. The van der Waals surface area contributed by atoms with Crippen molar-refractivity contribution in [2.24, 2.45) is 0 Å². The molecule has 6 heavy (non-hydrogen) atoms. The van der Waals surface area contributed by atoms with E-state index in [0.29, 0.717) is 0 Å². The summed E-state index contributed by atoms with van der Waals surface area (Å²) in [4.78, 5) is 9.59. The lowest BCUT2D eigenvalue weighted by atomic mass is 10.7. The van der Waals surface area contributed by atoms with E-state index in [4.69, 9.17) is 0 Å². The van der Waals surface area contributed by atoms with Gasteiger partial charge in [-0.25, -0.2) is 4.39 Å². The van der Waals surface area contributed by atoms with Crippen molar-refractivity contribution < 1.29 is 9.18 Å². The second-order valence-electron chi connectivity index (χ2n) is 0.679. The molecule has 3 heteroatoms. The van der Waals surface area contributed by atoms with Crippen molar-refractivity contribution in [3.8, 4) is 0 Å². The molecule has 0 unspecified atom stereocenters. The highest BCUT2D eigenvalue weighted by Crippen LogP contribution is 1.97. The third-order valence-corrected chi connectivity index (χ3v) is 0.644. The molecular formula is C3H2BrFO. The van der Waals surface area contributed by atoms with E-state index in [1.165, 1.54) is 0 Å². The third kappa shape index (κ3) is 2.08. The molecule has 0 heterocycles. The highest BCUT2D eigenvalue weighted by molar-refractivity contribution is 9.18. The normalized spacial score (nSPS) is 7.67. The summed E-state index contributed by atoms with van der Waals surface area (Å²) in [7, 11) is 0. The van der Waals surface area contributed by atoms with Crippen LogP contribution in [0.15, 0.2) is 12.4 Å². The Bertz CT molecular complexity index is 76.8. The first-order valence-corrected chi connectivity index (χ1v) is 1.98. The van der Waals surface area contributed by atoms with Crippen LogP contribution in [0.2, 0.25) is 0 Å². The molecule has 0 aromatic heterocycles. The van der Waals surface area contributed by atoms with E-state index in [1.54, 1.807) is 0 Å². The Kier molecular flexibility index (Phi) is 2.01. The van der Waals surface area contributed by atoms with Crippen LogP contribution in [0, 0.1) is 0 Å². The second kappa shape index (κ2) is 2.08. The molecule has 0 aliphatic rings. The first-order valence-electron chi connectivity index (χ1n) is 1.19. The summed E-state index contributed by atoms with van der Waals surface area (Å²) in [6.07, 6.45) is 0. The number of allylic oxidation sites excluding steroid dienone is 1. The maximum absolute atomic E-state index is 11.2. The van der Waals surface area contributed by atoms with E-state index in [0.717, 1.165) is 0 Å². The van der Waals surface area contributed by atoms with E-state index in [9.17, 15) is 9.18 Å². The standard InChI is InChI=1S/C3H2BrFO/c1-2(5)3(4)6/h1H2. The van der Waals surface area contributed by atoms with Crippen LogP contribution in [0.1, 0.15) is 0 Å². The van der Waals surface area contributed by atoms with Crippen molar-refractivity contribution in [2.45, 2.75) is 0 Å². The molecule has 0 bridgehead atoms. The molecule has 0 fully saturated rings. The number of halogens is 2. The maximum Gasteiger partial charge on any atom is 0.255 e. The third-order valence-electron chi connectivity index (χ3n) is 0.213. The Morgan fingerprint density at radius 2 is 2.00 bits per heavy atom. The number of carbonyl (C=O) groups excluding carboxylic acids is 1. The van der Waals surface area contributed by atoms with Crippen LogP contribution in [0.3, 0.4) is 0 Å². The van der Waals surface area contributed by atoms with E-state index >= 15 is 0 Å². The van der Waals surface area contributed by atoms with Crippen LogP contribution in [-0.2, 0) is 4.79 Å². The summed E-state index contributed by atoms with van der Waals surface area (Å²) in [5.41, 5.74) is 0. The van der Waals surface area contributed by atoms with Gasteiger partial charge in [0.25, 0.3) is 4.69 Å². The molecule has 0 radical (unpaired) electrons. The SMILES string of the molecule is C=C(F)C(=O)Br. The summed E-state index contributed by atoms with van der Waals surface area (Å²) in [6, 6.07) is 0. The summed E-state index contributed by atoms with van der Waals surface area (Å²) >= 11 is 2.33. The Labute approximate surface area is 43.0 Å². The van der Waals surface area contributed by atoms with Gasteiger partial charge in [0.05, 0.1) is 0 Å². The van der Waals surface area contributed by atoms with Crippen molar-refractivity contribution in [1.82, 2.24) is 0 Å². The van der Waals surface area contributed by atoms with Crippen molar-refractivity contribution >= 4 is 20.6 Å². The minimum atomic E-state index is -0.963. The first kappa shape index (κ1) is 5.82. The van der Waals surface area contributed by atoms with Gasteiger partial charge in [0.1, 0.15) is 0 Å². The van der Waals surface area contributed by atoms with Gasteiger partial charge in [0.2, 0.25) is 0 Å². The van der Waals surface area contributed by atoms with Gasteiger partial charge >= 0.3 is 0 Å². The quantitative estimate of drug-likeness (QED) is 0.410. The van der Waals surface area contributed by atoms with Gasteiger partial charge < -0.3 is 0 Å². The predicted molar refractivity (Wildman–Crippen MR) is 24.2 cm³/mol. The van der Waals surface area contributed by atoms with Crippen LogP contribution in [0.4, 0.5) is 4.39 Å². The van der Waals surface area contributed by atoms with Gasteiger partial charge in [-0.2, -0.15) is 0 Å². The lowest BCUT2D eigenvalue weighted by Gasteiger charge is -1.73. The second-order valence-corrected chi connectivity index (χ2v) is 1.40. The molecule has 0 aromatic rings. The van der Waals surface area contributed by atoms with E-state index < -0.39 is 10.5 Å². The van der Waals surface area contributed by atoms with Crippen molar-refractivity contribution in [1.29, 1.82) is 0 Å². The fourth-order valence-electron chi connectivity index (χ4n) is 0. The summed E-state index contributed by atoms with van der Waals surface area (Å²) in [5, 5.41) is 0. The zero-order valence-corrected chi connectivity index (χ0v) is 4.46. The first-order chi connectivity index (χ1) is 2.64. The predicted octanol–water partition coefficient (Wildman–Crippen LogP) is 1.39. The van der Waals surface area contributed by atoms with Crippen LogP contribution >= 0.6 is 15.9 Å². The molecular weight excluding hydrogens is 151 g/mol. The number of carbonyl (C=O) groups is 1. The minimum absolute atomic E-state index is 0.789. The average Bonchev–Trinajstić information content (AvgIpc) is 1.36. The molecule has 0 amide bonds. The van der Waals surface area contributed by atoms with Gasteiger partial charge in [0.15, 0.2) is 5.83 Å². The molecule has 0 saturated heterocycles. The summed E-state index contributed by atoms with van der Waals surface area (Å²) in [6.45, 7) is 2.69. The van der Waals surface area contributed by atoms with Crippen LogP contribution in [-0.4, -0.2) is 4.69 Å². The Morgan fingerprint density at radius 1 is 1.83 bits per heavy atom. The Morgan fingerprint density at radius 3 is 2.00 bits per heavy atom. The molecule has 0 N–H and O–H groups in total. The number of rotatable bonds is 1. The van der Waals surface area contributed by atoms with Gasteiger partial charge in [-0.05, 0) is 0 Å².